The van der Waals surface area contributed by atoms with Crippen LogP contribution in [-0.2, 0) is 6.61 Å². The second-order valence-corrected chi connectivity index (χ2v) is 4.74. The van der Waals surface area contributed by atoms with Crippen LogP contribution in [-0.4, -0.2) is 11.1 Å². The van der Waals surface area contributed by atoms with Crippen LogP contribution in [0.1, 0.15) is 21.9 Å². The van der Waals surface area contributed by atoms with Gasteiger partial charge >= 0.3 is 11.6 Å². The molecule has 22 heavy (non-hydrogen) atoms. The van der Waals surface area contributed by atoms with E-state index in [0.717, 1.165) is 5.39 Å². The van der Waals surface area contributed by atoms with Crippen LogP contribution in [0.5, 0.6) is 5.75 Å². The maximum absolute atomic E-state index is 11.2. The van der Waals surface area contributed by atoms with Gasteiger partial charge in [0, 0.05) is 23.1 Å². The summed E-state index contributed by atoms with van der Waals surface area (Å²) in [5.74, 6) is -0.244. The normalized spacial score (nSPS) is 10.8. The molecule has 0 atom stereocenters. The number of hydrogen-bond acceptors (Lipinski definition) is 5. The van der Waals surface area contributed by atoms with E-state index < -0.39 is 11.6 Å². The zero-order valence-electron chi connectivity index (χ0n) is 11.7. The zero-order valence-corrected chi connectivity index (χ0v) is 11.7. The van der Waals surface area contributed by atoms with Crippen molar-refractivity contribution >= 4 is 16.9 Å². The van der Waals surface area contributed by atoms with Crippen molar-refractivity contribution in [3.8, 4) is 5.75 Å². The number of benzene rings is 1. The minimum atomic E-state index is -1.12. The fraction of sp³-hybridized carbons (Fsp3) is 0.125. The number of fused-ring (bicyclic) bond motifs is 1. The highest BCUT2D eigenvalue weighted by atomic mass is 16.5. The van der Waals surface area contributed by atoms with Gasteiger partial charge in [-0.25, -0.2) is 9.59 Å². The van der Waals surface area contributed by atoms with Crippen LogP contribution >= 0.6 is 0 Å². The number of furan rings is 1. The molecule has 1 N–H and O–H groups in total. The molecule has 0 amide bonds. The summed E-state index contributed by atoms with van der Waals surface area (Å²) < 4.78 is 15.8. The summed E-state index contributed by atoms with van der Waals surface area (Å²) in [5.41, 5.74) is 0.647. The first-order valence-electron chi connectivity index (χ1n) is 6.52. The van der Waals surface area contributed by atoms with Gasteiger partial charge in [0.15, 0.2) is 0 Å². The van der Waals surface area contributed by atoms with E-state index in [0.29, 0.717) is 22.7 Å². The molecule has 0 fully saturated rings. The van der Waals surface area contributed by atoms with Gasteiger partial charge < -0.3 is 18.7 Å². The molecule has 2 aromatic heterocycles. The zero-order chi connectivity index (χ0) is 15.7. The molecule has 1 aromatic carbocycles. The van der Waals surface area contributed by atoms with Crippen LogP contribution in [0.15, 0.2) is 50.0 Å². The molecule has 0 radical (unpaired) electrons. The van der Waals surface area contributed by atoms with E-state index in [9.17, 15) is 9.59 Å². The Hall–Kier alpha value is -3.02. The molecule has 3 aromatic rings. The predicted octanol–water partition coefficient (Wildman–Crippen LogP) is 2.97. The van der Waals surface area contributed by atoms with Crippen molar-refractivity contribution in [3.05, 3.63) is 63.9 Å². The van der Waals surface area contributed by atoms with Gasteiger partial charge in [0.25, 0.3) is 0 Å². The molecular weight excluding hydrogens is 288 g/mol. The summed E-state index contributed by atoms with van der Waals surface area (Å²) in [6.45, 7) is 1.83. The van der Waals surface area contributed by atoms with E-state index in [-0.39, 0.29) is 12.4 Å². The number of carboxylic acid groups (broad SMARTS) is 1. The van der Waals surface area contributed by atoms with E-state index >= 15 is 0 Å². The average molecular weight is 300 g/mol. The minimum absolute atomic E-state index is 0.124. The van der Waals surface area contributed by atoms with Gasteiger partial charge in [-0.15, -0.1) is 0 Å². The third-order valence-electron chi connectivity index (χ3n) is 3.22. The fourth-order valence-electron chi connectivity index (χ4n) is 2.06. The lowest BCUT2D eigenvalue weighted by Crippen LogP contribution is -1.97. The number of carbonyl (C=O) groups is 1. The number of carboxylic acids is 1. The number of rotatable bonds is 4. The Morgan fingerprint density at radius 1 is 1.18 bits per heavy atom. The van der Waals surface area contributed by atoms with Crippen molar-refractivity contribution in [1.29, 1.82) is 0 Å². The standard InChI is InChI=1S/C16H12O6/c1-9-11(6-14(21-9)16(18)19)8-20-12-4-2-10-3-5-15(17)22-13(10)7-12/h2-7H,8H2,1H3,(H,18,19). The molecular formula is C16H12O6. The molecule has 0 spiro atoms. The van der Waals surface area contributed by atoms with Gasteiger partial charge in [-0.1, -0.05) is 0 Å². The third kappa shape index (κ3) is 2.71. The quantitative estimate of drug-likeness (QED) is 0.745. The fourth-order valence-corrected chi connectivity index (χ4v) is 2.06. The number of aryl methyl sites for hydroxylation is 1. The molecule has 0 saturated carbocycles. The van der Waals surface area contributed by atoms with Gasteiger partial charge in [-0.05, 0) is 31.2 Å². The molecule has 0 saturated heterocycles. The average Bonchev–Trinajstić information content (AvgIpc) is 2.86. The Bertz CT molecular complexity index is 902. The van der Waals surface area contributed by atoms with Crippen molar-refractivity contribution in [2.45, 2.75) is 13.5 Å². The Kier molecular flexibility index (Phi) is 3.42. The van der Waals surface area contributed by atoms with Crippen molar-refractivity contribution in [3.63, 3.8) is 0 Å². The van der Waals surface area contributed by atoms with Crippen LogP contribution in [0.2, 0.25) is 0 Å². The SMILES string of the molecule is Cc1oc(C(=O)O)cc1COc1ccc2ccc(=O)oc2c1. The molecule has 0 bridgehead atoms. The summed E-state index contributed by atoms with van der Waals surface area (Å²) in [5, 5.41) is 9.67. The van der Waals surface area contributed by atoms with Gasteiger partial charge in [0.1, 0.15) is 23.7 Å². The molecule has 6 heteroatoms. The predicted molar refractivity (Wildman–Crippen MR) is 77.2 cm³/mol. The molecule has 0 aliphatic carbocycles. The molecule has 0 aliphatic rings. The van der Waals surface area contributed by atoms with Crippen molar-refractivity contribution in [2.24, 2.45) is 0 Å². The molecule has 6 nitrogen and oxygen atoms in total. The Morgan fingerprint density at radius 2 is 1.95 bits per heavy atom. The van der Waals surface area contributed by atoms with E-state index in [1.54, 1.807) is 31.2 Å². The minimum Gasteiger partial charge on any atom is -0.489 e. The van der Waals surface area contributed by atoms with E-state index in [1.807, 2.05) is 0 Å². The van der Waals surface area contributed by atoms with Crippen LogP contribution in [0.4, 0.5) is 0 Å². The Balaban J connectivity index is 1.81. The lowest BCUT2D eigenvalue weighted by atomic mass is 10.2. The Labute approximate surface area is 124 Å². The van der Waals surface area contributed by atoms with Gasteiger partial charge in [-0.3, -0.25) is 0 Å². The molecule has 3 rings (SSSR count). The molecule has 0 unspecified atom stereocenters. The topological polar surface area (TPSA) is 89.9 Å². The van der Waals surface area contributed by atoms with Crippen LogP contribution in [0.25, 0.3) is 11.0 Å². The first-order chi connectivity index (χ1) is 10.5. The van der Waals surface area contributed by atoms with Crippen LogP contribution in [0.3, 0.4) is 0 Å². The largest absolute Gasteiger partial charge is 0.489 e. The van der Waals surface area contributed by atoms with Crippen LogP contribution in [0, 0.1) is 6.92 Å². The lowest BCUT2D eigenvalue weighted by molar-refractivity contribution is 0.0661. The number of ether oxygens (including phenoxy) is 1. The van der Waals surface area contributed by atoms with E-state index in [4.69, 9.17) is 18.7 Å². The second-order valence-electron chi connectivity index (χ2n) is 4.74. The lowest BCUT2D eigenvalue weighted by Gasteiger charge is -2.05. The van der Waals surface area contributed by atoms with Crippen molar-refractivity contribution in [1.82, 2.24) is 0 Å². The van der Waals surface area contributed by atoms with E-state index in [1.165, 1.54) is 12.1 Å². The maximum Gasteiger partial charge on any atom is 0.371 e. The Morgan fingerprint density at radius 3 is 2.68 bits per heavy atom. The first kappa shape index (κ1) is 13.9. The molecule has 2 heterocycles. The summed E-state index contributed by atoms with van der Waals surface area (Å²) in [4.78, 5) is 22.1. The number of aromatic carboxylic acids is 1. The molecule has 112 valence electrons. The summed E-state index contributed by atoms with van der Waals surface area (Å²) in [7, 11) is 0. The smallest absolute Gasteiger partial charge is 0.371 e. The van der Waals surface area contributed by atoms with Gasteiger partial charge in [0.05, 0.1) is 0 Å². The summed E-state index contributed by atoms with van der Waals surface area (Å²) in [6, 6.07) is 9.59. The third-order valence-corrected chi connectivity index (χ3v) is 3.22. The van der Waals surface area contributed by atoms with Gasteiger partial charge in [0.2, 0.25) is 5.76 Å². The maximum atomic E-state index is 11.2. The highest BCUT2D eigenvalue weighted by Gasteiger charge is 2.13. The van der Waals surface area contributed by atoms with Crippen molar-refractivity contribution < 1.29 is 23.5 Å². The van der Waals surface area contributed by atoms with Crippen molar-refractivity contribution in [2.75, 3.05) is 0 Å². The summed E-state index contributed by atoms with van der Waals surface area (Å²) >= 11 is 0. The highest BCUT2D eigenvalue weighted by Crippen LogP contribution is 2.22. The van der Waals surface area contributed by atoms with E-state index in [2.05, 4.69) is 0 Å². The highest BCUT2D eigenvalue weighted by molar-refractivity contribution is 5.84. The monoisotopic (exact) mass is 300 g/mol. The van der Waals surface area contributed by atoms with Crippen LogP contribution < -0.4 is 10.4 Å². The van der Waals surface area contributed by atoms with Gasteiger partial charge in [-0.2, -0.15) is 0 Å². The molecule has 0 aliphatic heterocycles. The summed E-state index contributed by atoms with van der Waals surface area (Å²) in [6.07, 6.45) is 0. The first-order valence-corrected chi connectivity index (χ1v) is 6.52. The second kappa shape index (κ2) is 5.40. The number of hydrogen-bond donors (Lipinski definition) is 1.